The number of anilines is 4. The minimum atomic E-state index is -2.32. The van der Waals surface area contributed by atoms with Gasteiger partial charge in [0.25, 0.3) is 0 Å². The second-order valence-corrected chi connectivity index (χ2v) is 37.1. The zero-order chi connectivity index (χ0) is 103. The van der Waals surface area contributed by atoms with Crippen LogP contribution in [0.4, 0.5) is 88.3 Å². The van der Waals surface area contributed by atoms with E-state index < -0.39 is 12.3 Å². The van der Waals surface area contributed by atoms with Gasteiger partial charge in [0.2, 0.25) is 43.5 Å². The molecule has 8 heterocycles. The van der Waals surface area contributed by atoms with Crippen molar-refractivity contribution in [2.24, 2.45) is 71.9 Å². The number of phenols is 2. The third-order valence-electron chi connectivity index (χ3n) is 19.7. The van der Waals surface area contributed by atoms with Crippen LogP contribution in [-0.4, -0.2) is 77.2 Å². The molecule has 4 aliphatic heterocycles. The summed E-state index contributed by atoms with van der Waals surface area (Å²) >= 11 is 43.5. The normalized spacial score (nSPS) is 14.2. The summed E-state index contributed by atoms with van der Waals surface area (Å²) in [5, 5.41) is 113. The molecule has 12 aromatic rings. The molecule has 40 nitrogen and oxygen atoms in total. The number of aromatic nitrogens is 4. The second-order valence-electron chi connectivity index (χ2n) is 29.0. The molecule has 8 aromatic carbocycles. The Labute approximate surface area is 903 Å². The maximum atomic E-state index is 10.9. The maximum absolute atomic E-state index is 10.9. The Morgan fingerprint density at radius 2 is 0.729 bits per heavy atom. The molecule has 6 N–H and O–H groups in total. The summed E-state index contributed by atoms with van der Waals surface area (Å²) < 4.78 is 61.6. The van der Waals surface area contributed by atoms with Gasteiger partial charge < -0.3 is 119 Å². The predicted octanol–water partition coefficient (Wildman–Crippen LogP) is 28.7. The van der Waals surface area contributed by atoms with E-state index in [1.807, 2.05) is 140 Å². The molecule has 144 heavy (non-hydrogen) atoms. The predicted molar refractivity (Wildman–Crippen MR) is 562 cm³/mol. The van der Waals surface area contributed by atoms with Crippen molar-refractivity contribution in [1.82, 2.24) is 18.3 Å². The van der Waals surface area contributed by atoms with Crippen molar-refractivity contribution in [3.63, 3.8) is 0 Å². The van der Waals surface area contributed by atoms with Crippen molar-refractivity contribution in [2.75, 3.05) is 46.8 Å². The van der Waals surface area contributed by atoms with Crippen LogP contribution in [0.5, 0.6) is 69.5 Å². The fourth-order valence-corrected chi connectivity index (χ4v) is 17.9. The number of aromatic hydroxyl groups is 4. The number of nitrogens with one attached hydrogen (secondary N) is 2. The number of fused-ring (bicyclic) bond motifs is 8. The van der Waals surface area contributed by atoms with Gasteiger partial charge >= 0.3 is 12.3 Å². The molecule has 0 fully saturated rings. The molecule has 2 spiro atoms. The van der Waals surface area contributed by atoms with Crippen LogP contribution in [0, 0.1) is 89.1 Å². The molecule has 752 valence electrons. The number of nitriles is 2. The summed E-state index contributed by atoms with van der Waals surface area (Å²) in [4.78, 5) is 30.8. The van der Waals surface area contributed by atoms with Gasteiger partial charge in [0.1, 0.15) is 57.0 Å². The smallest absolute Gasteiger partial charge is 0.613 e. The molecular formula is C90H82N26Ni2O14S12-4. The largest absolute Gasteiger partial charge is 0.826 e. The van der Waals surface area contributed by atoms with Crippen molar-refractivity contribution >= 4 is 233 Å². The minimum Gasteiger partial charge on any atom is -0.826 e. The molecule has 0 aliphatic carbocycles. The number of aryl methyl sites for hydroxylation is 4. The Balaban J connectivity index is 0.000000212. The van der Waals surface area contributed by atoms with E-state index in [1.165, 1.54) is 62.8 Å². The number of thiazole rings is 4. The van der Waals surface area contributed by atoms with Gasteiger partial charge in [-0.3, -0.25) is 28.0 Å². The molecule has 0 bridgehead atoms. The van der Waals surface area contributed by atoms with Crippen molar-refractivity contribution in [1.29, 1.82) is 10.5 Å². The number of benzene rings is 8. The van der Waals surface area contributed by atoms with E-state index in [-0.39, 0.29) is 116 Å². The number of hydrogen-bond donors (Lipinski definition) is 6. The van der Waals surface area contributed by atoms with E-state index in [0.29, 0.717) is 125 Å². The van der Waals surface area contributed by atoms with Crippen LogP contribution in [0.1, 0.15) is 77.6 Å². The van der Waals surface area contributed by atoms with Crippen LogP contribution >= 0.6 is 94.2 Å². The Morgan fingerprint density at radius 1 is 0.410 bits per heavy atom. The van der Waals surface area contributed by atoms with Crippen LogP contribution in [-0.2, 0) is 110 Å². The van der Waals surface area contributed by atoms with E-state index in [2.05, 4.69) is 180 Å². The van der Waals surface area contributed by atoms with Crippen LogP contribution in [0.3, 0.4) is 0 Å². The van der Waals surface area contributed by atoms with Crippen LogP contribution in [0.25, 0.3) is 9.69 Å². The summed E-state index contributed by atoms with van der Waals surface area (Å²) in [6.45, 7) is 41.6. The molecule has 4 aliphatic rings. The summed E-state index contributed by atoms with van der Waals surface area (Å²) in [5.41, 5.74) is 14.1. The Hall–Kier alpha value is -13.9. The van der Waals surface area contributed by atoms with Crippen LogP contribution in [0.2, 0.25) is 0 Å². The number of azo groups is 6. The first-order valence-corrected chi connectivity index (χ1v) is 48.8. The van der Waals surface area contributed by atoms with Gasteiger partial charge in [0.05, 0.1) is 47.2 Å². The summed E-state index contributed by atoms with van der Waals surface area (Å²) in [6.07, 6.45) is -4.49. The van der Waals surface area contributed by atoms with Crippen molar-refractivity contribution in [3.05, 3.63) is 236 Å². The molecule has 54 heteroatoms. The van der Waals surface area contributed by atoms with Gasteiger partial charge in [-0.05, 0) is 263 Å². The van der Waals surface area contributed by atoms with Gasteiger partial charge in [-0.15, -0.1) is 81.0 Å². The van der Waals surface area contributed by atoms with Gasteiger partial charge in [-0.1, -0.05) is 69.6 Å². The first-order valence-electron chi connectivity index (χ1n) is 42.3. The van der Waals surface area contributed by atoms with Gasteiger partial charge in [0.15, 0.2) is 50.3 Å². The van der Waals surface area contributed by atoms with Gasteiger partial charge in [0, 0.05) is 119 Å². The van der Waals surface area contributed by atoms with E-state index in [1.54, 1.807) is 62.2 Å². The molecule has 0 radical (unpaired) electrons. The van der Waals surface area contributed by atoms with Gasteiger partial charge in [-0.25, -0.2) is 10.9 Å². The SMILES string of the molecule is CCN(CC)c1ccc2c(c1)OC1(Oc3cc(C)ccc3N=N2)Oc2cc(C)ccc2N=Nc2ccc(N(CC)CC)cc2O1.CCn1c(O)c(N=Nc2cc(C)ccc2O)sc1=S.CCn1c(O)c(N=Nc2cc(NN=O)ccc2O)sc1=S.CCn1c2c(sc1=S)N=Nc1cc(C)ccc1OC1(Oc3ccc(NN=O)cc3N=Nc3sc(=S)n(CC)c3O1)O2.N#CC([S-])=C([S-])C#N.[C-]#[N+]C([S-])=C([S-])[N+]#[C-].[Ni].[Ni]. The quantitative estimate of drug-likeness (QED) is 0.00535. The molecule has 0 saturated carbocycles. The number of hydrogen-bond acceptors (Lipinski definition) is 44. The molecule has 1 atom stereocenters. The average molecular weight is 2250 g/mol. The van der Waals surface area contributed by atoms with Crippen molar-refractivity contribution < 1.29 is 91.3 Å². The molecule has 16 rings (SSSR count). The Morgan fingerprint density at radius 3 is 1.12 bits per heavy atom. The van der Waals surface area contributed by atoms with Crippen molar-refractivity contribution in [2.45, 2.75) is 122 Å². The second kappa shape index (κ2) is 52.9. The van der Waals surface area contributed by atoms with E-state index in [0.717, 1.165) is 71.1 Å². The van der Waals surface area contributed by atoms with E-state index in [4.69, 9.17) is 110 Å². The molecule has 0 amide bonds. The Kier molecular flexibility index (Phi) is 41.7. The number of ether oxygens (including phenoxy) is 8. The van der Waals surface area contributed by atoms with E-state index in [9.17, 15) is 30.2 Å². The first kappa shape index (κ1) is 114. The van der Waals surface area contributed by atoms with E-state index >= 15 is 0 Å². The molecule has 0 saturated heterocycles. The fraction of sp³-hybridized carbons (Fsp3) is 0.244. The number of phenolic OH excluding ortho intramolecular Hbond substituents is 2. The topological polar surface area (TPSA) is 469 Å². The zero-order valence-corrected chi connectivity index (χ0v) is 89.4. The third kappa shape index (κ3) is 28.4. The summed E-state index contributed by atoms with van der Waals surface area (Å²) in [5.74, 6) is 2.24. The molecule has 1 unspecified atom stereocenters. The molecular weight excluding hydrogens is 2170 g/mol. The van der Waals surface area contributed by atoms with Crippen LogP contribution < -0.4 is 58.5 Å². The fourth-order valence-electron chi connectivity index (χ4n) is 12.7. The number of allylic oxidation sites excluding steroid dienone is 2. The van der Waals surface area contributed by atoms with Crippen molar-refractivity contribution in [3.8, 4) is 81.7 Å². The third-order valence-corrected chi connectivity index (χ3v) is 26.4. The van der Waals surface area contributed by atoms with Gasteiger partial charge in [-0.2, -0.15) is 10.5 Å². The minimum absolute atomic E-state index is 0. The first-order chi connectivity index (χ1) is 68.2. The maximum Gasteiger partial charge on any atom is 0.613 e. The number of rotatable bonds is 18. The van der Waals surface area contributed by atoms with Crippen LogP contribution in [0.15, 0.2) is 237 Å². The summed E-state index contributed by atoms with van der Waals surface area (Å²) in [7, 11) is 0. The standard InChI is InChI=1S/C35H38N6O4.C24H20N8O5S4.C12H13N3O2S2.C11H11N5O3S2.2C4H2N2S2.2Ni/c1-7-40(8-2)25-13-17-29-33(21-25)44-35(42-31-19-23(5)11-15-27(31)36-38-29)43-32-20-24(6)12-16-28(32)37-39-30-18-14-26(22-34(30)45-35)41(9-3)10-4;1-4-31-20-18(40-22(31)38)28-26-14-10-12(3)6-8-16(14)34-24(36-20)35-17-9-7-13(25-30-33)11-15(17)27-29-19-21(37-24)32(5-2)23(39)41-19;1-3-15-11(17)10(19-12(15)18)14-13-8-6-7(2)4-5-9(8)16;1-2-16-10(18)9(21-11(16)20)14-13-7-5-6(12-15-19)3-4-8(7)17;1-5-3(7)4(8)6-2;5-1-3(7)4(8)2-6;;/h11-22H,7-10H2,1-6H3;6-11H,4-5H2,1-3H3,(H,25,33);4-6,16-17H,3H2,1-2H3;3-5,17-18H,2H2,1H3,(H,12,19);2*7-8H;;/p-4. The monoisotopic (exact) mass is 2250 g/mol. The zero-order valence-electron chi connectivity index (χ0n) is 77.6. The number of nitrogens with zero attached hydrogens (tertiary/aromatic N) is 24. The Bertz CT molecular complexity index is 7240. The summed E-state index contributed by atoms with van der Waals surface area (Å²) in [6, 6.07) is 45.4. The number of nitroso groups, excluding NO2 is 2. The average Bonchev–Trinajstić information content (AvgIpc) is 1.51. The molecule has 4 aromatic heterocycles.